The maximum absolute atomic E-state index is 14.4. The van der Waals surface area contributed by atoms with E-state index in [1.807, 2.05) is 23.6 Å². The van der Waals surface area contributed by atoms with E-state index >= 15 is 0 Å². The van der Waals surface area contributed by atoms with E-state index in [4.69, 9.17) is 0 Å². The van der Waals surface area contributed by atoms with Crippen molar-refractivity contribution >= 4 is 29.0 Å². The fourth-order valence-electron chi connectivity index (χ4n) is 4.21. The van der Waals surface area contributed by atoms with Crippen LogP contribution in [0.3, 0.4) is 0 Å². The Kier molecular flexibility index (Phi) is 6.35. The van der Waals surface area contributed by atoms with Gasteiger partial charge in [-0.05, 0) is 75.4 Å². The average Bonchev–Trinajstić information content (AvgIpc) is 3.60. The van der Waals surface area contributed by atoms with Gasteiger partial charge in [-0.2, -0.15) is 0 Å². The highest BCUT2D eigenvalue weighted by Crippen LogP contribution is 2.42. The summed E-state index contributed by atoms with van der Waals surface area (Å²) in [6.07, 6.45) is 5.79. The number of benzene rings is 2. The molecule has 1 aliphatic carbocycles. The van der Waals surface area contributed by atoms with E-state index in [-0.39, 0.29) is 23.0 Å². The van der Waals surface area contributed by atoms with Crippen LogP contribution in [0.15, 0.2) is 53.7 Å². The number of halogens is 1. The SMILES string of the molecule is C[C@H](Sc1nnc(-c2ccccc2F)n1C1CC1)C(=O)Nc1ccc(N2CCCCC2)cc1. The molecule has 1 saturated carbocycles. The standard InChI is InChI=1S/C25H28FN5OS/c1-17(24(32)27-18-9-11-19(12-10-18)30-15-5-2-6-16-30)33-25-29-28-23(31(25)20-13-14-20)21-7-3-4-8-22(21)26/h3-4,7-12,17,20H,2,5-6,13-16H2,1H3,(H,27,32)/t17-/m0/s1. The Labute approximate surface area is 197 Å². The number of rotatable bonds is 7. The summed E-state index contributed by atoms with van der Waals surface area (Å²) < 4.78 is 16.4. The highest BCUT2D eigenvalue weighted by atomic mass is 32.2. The molecule has 2 aromatic carbocycles. The third-order valence-electron chi connectivity index (χ3n) is 6.20. The lowest BCUT2D eigenvalue weighted by molar-refractivity contribution is -0.115. The van der Waals surface area contributed by atoms with Crippen LogP contribution in [0.5, 0.6) is 0 Å². The van der Waals surface area contributed by atoms with Crippen molar-refractivity contribution in [2.24, 2.45) is 0 Å². The van der Waals surface area contributed by atoms with Crippen molar-refractivity contribution in [1.82, 2.24) is 14.8 Å². The zero-order valence-corrected chi connectivity index (χ0v) is 19.5. The number of nitrogens with zero attached hydrogens (tertiary/aromatic N) is 4. The lowest BCUT2D eigenvalue weighted by Gasteiger charge is -2.28. The molecule has 1 saturated heterocycles. The zero-order chi connectivity index (χ0) is 22.8. The van der Waals surface area contributed by atoms with Gasteiger partial charge in [0, 0.05) is 30.5 Å². The number of carbonyl (C=O) groups is 1. The molecule has 3 aromatic rings. The molecule has 2 aliphatic rings. The van der Waals surface area contributed by atoms with Crippen LogP contribution in [0.25, 0.3) is 11.4 Å². The second-order valence-corrected chi connectivity index (χ2v) is 10.0. The van der Waals surface area contributed by atoms with Gasteiger partial charge in [-0.25, -0.2) is 4.39 Å². The van der Waals surface area contributed by atoms with Gasteiger partial charge in [-0.15, -0.1) is 10.2 Å². The van der Waals surface area contributed by atoms with Gasteiger partial charge in [0.1, 0.15) is 5.82 Å². The number of aromatic nitrogens is 3. The van der Waals surface area contributed by atoms with E-state index < -0.39 is 0 Å². The van der Waals surface area contributed by atoms with Gasteiger partial charge in [-0.1, -0.05) is 23.9 Å². The van der Waals surface area contributed by atoms with E-state index in [9.17, 15) is 9.18 Å². The Hall–Kier alpha value is -2.87. The third kappa shape index (κ3) is 4.90. The molecule has 0 spiro atoms. The number of amides is 1. The van der Waals surface area contributed by atoms with Crippen LogP contribution in [-0.4, -0.2) is 39.0 Å². The number of carbonyl (C=O) groups excluding carboxylic acids is 1. The first kappa shape index (κ1) is 21.9. The molecule has 1 amide bonds. The second-order valence-electron chi connectivity index (χ2n) is 8.73. The molecule has 1 aromatic heterocycles. The van der Waals surface area contributed by atoms with E-state index in [2.05, 4.69) is 32.5 Å². The van der Waals surface area contributed by atoms with Crippen molar-refractivity contribution in [3.05, 3.63) is 54.3 Å². The Morgan fingerprint density at radius 1 is 1.06 bits per heavy atom. The molecule has 8 heteroatoms. The smallest absolute Gasteiger partial charge is 0.237 e. The summed E-state index contributed by atoms with van der Waals surface area (Å²) in [5.74, 6) is 0.115. The quantitative estimate of drug-likeness (QED) is 0.465. The number of anilines is 2. The number of thioether (sulfide) groups is 1. The molecule has 1 atom stereocenters. The molecule has 1 N–H and O–H groups in total. The maximum Gasteiger partial charge on any atom is 0.237 e. The first-order chi connectivity index (χ1) is 16.1. The molecule has 172 valence electrons. The van der Waals surface area contributed by atoms with Crippen LogP contribution >= 0.6 is 11.8 Å². The largest absolute Gasteiger partial charge is 0.372 e. The minimum atomic E-state index is -0.373. The van der Waals surface area contributed by atoms with E-state index in [1.165, 1.54) is 42.8 Å². The molecule has 6 nitrogen and oxygen atoms in total. The molecular formula is C25H28FN5OS. The predicted octanol–water partition coefficient (Wildman–Crippen LogP) is 5.53. The van der Waals surface area contributed by atoms with Crippen molar-refractivity contribution in [2.75, 3.05) is 23.3 Å². The lowest BCUT2D eigenvalue weighted by atomic mass is 10.1. The molecular weight excluding hydrogens is 437 g/mol. The first-order valence-electron chi connectivity index (χ1n) is 11.6. The predicted molar refractivity (Wildman–Crippen MR) is 130 cm³/mol. The first-order valence-corrected chi connectivity index (χ1v) is 12.5. The van der Waals surface area contributed by atoms with Crippen molar-refractivity contribution < 1.29 is 9.18 Å². The molecule has 2 heterocycles. The van der Waals surface area contributed by atoms with Gasteiger partial charge in [0.05, 0.1) is 10.8 Å². The van der Waals surface area contributed by atoms with Crippen LogP contribution in [0.4, 0.5) is 15.8 Å². The van der Waals surface area contributed by atoms with Gasteiger partial charge < -0.3 is 10.2 Å². The molecule has 0 bridgehead atoms. The van der Waals surface area contributed by atoms with Crippen LogP contribution in [0, 0.1) is 5.82 Å². The van der Waals surface area contributed by atoms with Crippen molar-refractivity contribution in [2.45, 2.75) is 55.5 Å². The van der Waals surface area contributed by atoms with Gasteiger partial charge in [0.2, 0.25) is 5.91 Å². The Balaban J connectivity index is 1.26. The fraction of sp³-hybridized carbons (Fsp3) is 0.400. The number of hydrogen-bond acceptors (Lipinski definition) is 5. The fourth-order valence-corrected chi connectivity index (χ4v) is 5.13. The average molecular weight is 466 g/mol. The van der Waals surface area contributed by atoms with E-state index in [0.717, 1.165) is 31.6 Å². The Bertz CT molecular complexity index is 1120. The summed E-state index contributed by atoms with van der Waals surface area (Å²) in [5, 5.41) is 11.9. The molecule has 33 heavy (non-hydrogen) atoms. The third-order valence-corrected chi connectivity index (χ3v) is 7.26. The minimum absolute atomic E-state index is 0.0940. The van der Waals surface area contributed by atoms with Crippen LogP contribution in [0.2, 0.25) is 0 Å². The van der Waals surface area contributed by atoms with Crippen LogP contribution in [0.1, 0.15) is 45.1 Å². The monoisotopic (exact) mass is 465 g/mol. The Morgan fingerprint density at radius 3 is 2.48 bits per heavy atom. The van der Waals surface area contributed by atoms with Gasteiger partial charge in [0.25, 0.3) is 0 Å². The van der Waals surface area contributed by atoms with Gasteiger partial charge >= 0.3 is 0 Å². The summed E-state index contributed by atoms with van der Waals surface area (Å²) in [7, 11) is 0. The highest BCUT2D eigenvalue weighted by Gasteiger charge is 2.32. The summed E-state index contributed by atoms with van der Waals surface area (Å²) in [5.41, 5.74) is 2.42. The highest BCUT2D eigenvalue weighted by molar-refractivity contribution is 8.00. The van der Waals surface area contributed by atoms with Gasteiger partial charge in [0.15, 0.2) is 11.0 Å². The Morgan fingerprint density at radius 2 is 1.79 bits per heavy atom. The molecule has 0 radical (unpaired) electrons. The number of piperidine rings is 1. The zero-order valence-electron chi connectivity index (χ0n) is 18.7. The van der Waals surface area contributed by atoms with E-state index in [1.54, 1.807) is 18.2 Å². The number of hydrogen-bond donors (Lipinski definition) is 1. The van der Waals surface area contributed by atoms with E-state index in [0.29, 0.717) is 16.5 Å². The minimum Gasteiger partial charge on any atom is -0.372 e. The summed E-state index contributed by atoms with van der Waals surface area (Å²) in [4.78, 5) is 15.3. The molecule has 2 fully saturated rings. The lowest BCUT2D eigenvalue weighted by Crippen LogP contribution is -2.29. The topological polar surface area (TPSA) is 63.1 Å². The molecule has 0 unspecified atom stereocenters. The maximum atomic E-state index is 14.4. The normalized spacial score (nSPS) is 17.1. The molecule has 1 aliphatic heterocycles. The van der Waals surface area contributed by atoms with Crippen molar-refractivity contribution in [1.29, 1.82) is 0 Å². The van der Waals surface area contributed by atoms with Crippen LogP contribution in [-0.2, 0) is 4.79 Å². The second kappa shape index (κ2) is 9.55. The van der Waals surface area contributed by atoms with Crippen LogP contribution < -0.4 is 10.2 Å². The number of nitrogens with one attached hydrogen (secondary N) is 1. The molecule has 5 rings (SSSR count). The summed E-state index contributed by atoms with van der Waals surface area (Å²) >= 11 is 1.36. The summed E-state index contributed by atoms with van der Waals surface area (Å²) in [6.45, 7) is 4.04. The van der Waals surface area contributed by atoms with Gasteiger partial charge in [-0.3, -0.25) is 9.36 Å². The van der Waals surface area contributed by atoms with Crippen molar-refractivity contribution in [3.8, 4) is 11.4 Å². The summed E-state index contributed by atoms with van der Waals surface area (Å²) in [6, 6.07) is 14.9. The van der Waals surface area contributed by atoms with Crippen molar-refractivity contribution in [3.63, 3.8) is 0 Å².